The van der Waals surface area contributed by atoms with E-state index < -0.39 is 0 Å². The van der Waals surface area contributed by atoms with Crippen molar-refractivity contribution >= 4 is 27.4 Å². The SMILES string of the molecule is Cc1nc(C(C)(C)C)nc(Nc2ccccc2)c1Br. The zero-order valence-corrected chi connectivity index (χ0v) is 13.2. The molecule has 1 heterocycles. The van der Waals surface area contributed by atoms with Gasteiger partial charge >= 0.3 is 0 Å². The van der Waals surface area contributed by atoms with E-state index >= 15 is 0 Å². The summed E-state index contributed by atoms with van der Waals surface area (Å²) in [6.45, 7) is 8.32. The normalized spacial score (nSPS) is 11.4. The van der Waals surface area contributed by atoms with Gasteiger partial charge in [0, 0.05) is 11.1 Å². The van der Waals surface area contributed by atoms with Crippen molar-refractivity contribution in [3.8, 4) is 0 Å². The van der Waals surface area contributed by atoms with E-state index in [1.165, 1.54) is 0 Å². The number of para-hydroxylation sites is 1. The maximum Gasteiger partial charge on any atom is 0.148 e. The van der Waals surface area contributed by atoms with Gasteiger partial charge in [0.25, 0.3) is 0 Å². The number of aryl methyl sites for hydroxylation is 1. The van der Waals surface area contributed by atoms with Crippen LogP contribution in [-0.4, -0.2) is 9.97 Å². The first kappa shape index (κ1) is 14.0. The number of hydrogen-bond acceptors (Lipinski definition) is 3. The van der Waals surface area contributed by atoms with E-state index in [4.69, 9.17) is 0 Å². The second-order valence-electron chi connectivity index (χ2n) is 5.54. The molecule has 0 aliphatic carbocycles. The van der Waals surface area contributed by atoms with Gasteiger partial charge in [0.2, 0.25) is 0 Å². The lowest BCUT2D eigenvalue weighted by Crippen LogP contribution is -2.18. The highest BCUT2D eigenvalue weighted by molar-refractivity contribution is 9.10. The third kappa shape index (κ3) is 3.32. The van der Waals surface area contributed by atoms with Gasteiger partial charge in [-0.15, -0.1) is 0 Å². The molecule has 3 nitrogen and oxygen atoms in total. The van der Waals surface area contributed by atoms with Crippen molar-refractivity contribution in [2.75, 3.05) is 5.32 Å². The molecule has 0 spiro atoms. The molecule has 2 rings (SSSR count). The van der Waals surface area contributed by atoms with E-state index in [2.05, 4.69) is 52.0 Å². The molecular formula is C15H18BrN3. The maximum atomic E-state index is 4.63. The minimum atomic E-state index is -0.0709. The standard InChI is InChI=1S/C15H18BrN3/c1-10-12(16)13(18-11-8-6-5-7-9-11)19-14(17-10)15(2,3)4/h5-9H,1-4H3,(H,17,18,19). The first-order valence-electron chi connectivity index (χ1n) is 6.24. The second kappa shape index (κ2) is 5.29. The van der Waals surface area contributed by atoms with Gasteiger partial charge in [-0.25, -0.2) is 9.97 Å². The summed E-state index contributed by atoms with van der Waals surface area (Å²) in [5, 5.41) is 3.33. The monoisotopic (exact) mass is 319 g/mol. The minimum absolute atomic E-state index is 0.0709. The molecule has 0 bridgehead atoms. The van der Waals surface area contributed by atoms with Crippen LogP contribution in [0.15, 0.2) is 34.8 Å². The molecular weight excluding hydrogens is 302 g/mol. The van der Waals surface area contributed by atoms with Crippen LogP contribution in [0.25, 0.3) is 0 Å². The Morgan fingerprint density at radius 1 is 1.05 bits per heavy atom. The highest BCUT2D eigenvalue weighted by atomic mass is 79.9. The third-order valence-electron chi connectivity index (χ3n) is 2.72. The molecule has 0 saturated carbocycles. The van der Waals surface area contributed by atoms with Crippen LogP contribution in [0.1, 0.15) is 32.3 Å². The predicted molar refractivity (Wildman–Crippen MR) is 82.9 cm³/mol. The summed E-state index contributed by atoms with van der Waals surface area (Å²) in [5.74, 6) is 1.65. The number of benzene rings is 1. The van der Waals surface area contributed by atoms with Crippen LogP contribution in [0.3, 0.4) is 0 Å². The Kier molecular flexibility index (Phi) is 3.90. The van der Waals surface area contributed by atoms with Crippen molar-refractivity contribution in [2.24, 2.45) is 0 Å². The van der Waals surface area contributed by atoms with E-state index in [0.29, 0.717) is 0 Å². The molecule has 0 atom stereocenters. The van der Waals surface area contributed by atoms with Gasteiger partial charge < -0.3 is 5.32 Å². The molecule has 100 valence electrons. The minimum Gasteiger partial charge on any atom is -0.339 e. The Morgan fingerprint density at radius 2 is 1.68 bits per heavy atom. The molecule has 0 aliphatic heterocycles. The first-order chi connectivity index (χ1) is 8.88. The second-order valence-corrected chi connectivity index (χ2v) is 6.33. The largest absolute Gasteiger partial charge is 0.339 e. The maximum absolute atomic E-state index is 4.63. The molecule has 1 N–H and O–H groups in total. The fourth-order valence-corrected chi connectivity index (χ4v) is 1.91. The highest BCUT2D eigenvalue weighted by Gasteiger charge is 2.20. The van der Waals surface area contributed by atoms with Gasteiger partial charge in [0.05, 0.1) is 10.2 Å². The number of rotatable bonds is 2. The third-order valence-corrected chi connectivity index (χ3v) is 3.67. The molecule has 0 radical (unpaired) electrons. The molecule has 0 fully saturated rings. The van der Waals surface area contributed by atoms with Gasteiger partial charge in [-0.3, -0.25) is 0 Å². The zero-order valence-electron chi connectivity index (χ0n) is 11.7. The first-order valence-corrected chi connectivity index (χ1v) is 7.04. The topological polar surface area (TPSA) is 37.8 Å². The molecule has 0 saturated heterocycles. The Morgan fingerprint density at radius 3 is 2.26 bits per heavy atom. The van der Waals surface area contributed by atoms with Crippen LogP contribution in [0.2, 0.25) is 0 Å². The molecule has 0 amide bonds. The van der Waals surface area contributed by atoms with Crippen LogP contribution in [0.5, 0.6) is 0 Å². The van der Waals surface area contributed by atoms with Crippen molar-refractivity contribution in [3.05, 3.63) is 46.3 Å². The Hall–Kier alpha value is -1.42. The van der Waals surface area contributed by atoms with Crippen LogP contribution in [-0.2, 0) is 5.41 Å². The number of hydrogen-bond donors (Lipinski definition) is 1. The Labute approximate surface area is 122 Å². The molecule has 4 heteroatoms. The lowest BCUT2D eigenvalue weighted by molar-refractivity contribution is 0.543. The quantitative estimate of drug-likeness (QED) is 0.879. The predicted octanol–water partition coefficient (Wildman–Crippen LogP) is 4.59. The average molecular weight is 320 g/mol. The molecule has 1 aromatic carbocycles. The molecule has 0 unspecified atom stereocenters. The number of anilines is 2. The van der Waals surface area contributed by atoms with Crippen LogP contribution < -0.4 is 5.32 Å². The average Bonchev–Trinajstić information content (AvgIpc) is 2.34. The number of halogens is 1. The van der Waals surface area contributed by atoms with Crippen molar-refractivity contribution in [2.45, 2.75) is 33.1 Å². The summed E-state index contributed by atoms with van der Waals surface area (Å²) in [6.07, 6.45) is 0. The van der Waals surface area contributed by atoms with E-state index in [1.54, 1.807) is 0 Å². The van der Waals surface area contributed by atoms with Gasteiger partial charge in [0.15, 0.2) is 0 Å². The molecule has 0 aliphatic rings. The lowest BCUT2D eigenvalue weighted by Gasteiger charge is -2.19. The van der Waals surface area contributed by atoms with Crippen molar-refractivity contribution in [3.63, 3.8) is 0 Å². The summed E-state index contributed by atoms with van der Waals surface area (Å²) in [5.41, 5.74) is 1.89. The van der Waals surface area contributed by atoms with Crippen molar-refractivity contribution in [1.29, 1.82) is 0 Å². The highest BCUT2D eigenvalue weighted by Crippen LogP contribution is 2.29. The summed E-state index contributed by atoms with van der Waals surface area (Å²) in [6, 6.07) is 10.0. The van der Waals surface area contributed by atoms with Gasteiger partial charge in [-0.2, -0.15) is 0 Å². The van der Waals surface area contributed by atoms with E-state index in [0.717, 1.165) is 27.5 Å². The van der Waals surface area contributed by atoms with Gasteiger partial charge in [0.1, 0.15) is 11.6 Å². The fraction of sp³-hybridized carbons (Fsp3) is 0.333. The number of nitrogens with zero attached hydrogens (tertiary/aromatic N) is 2. The van der Waals surface area contributed by atoms with Crippen LogP contribution in [0.4, 0.5) is 11.5 Å². The smallest absolute Gasteiger partial charge is 0.148 e. The molecule has 19 heavy (non-hydrogen) atoms. The fourth-order valence-electron chi connectivity index (χ4n) is 1.64. The number of nitrogens with one attached hydrogen (secondary N) is 1. The molecule has 2 aromatic rings. The lowest BCUT2D eigenvalue weighted by atomic mass is 9.95. The summed E-state index contributed by atoms with van der Waals surface area (Å²) in [4.78, 5) is 9.18. The summed E-state index contributed by atoms with van der Waals surface area (Å²) < 4.78 is 0.907. The van der Waals surface area contributed by atoms with Crippen LogP contribution >= 0.6 is 15.9 Å². The van der Waals surface area contributed by atoms with E-state index in [-0.39, 0.29) is 5.41 Å². The summed E-state index contributed by atoms with van der Waals surface area (Å²) >= 11 is 3.55. The Balaban J connectivity index is 2.42. The van der Waals surface area contributed by atoms with Crippen molar-refractivity contribution < 1.29 is 0 Å². The Bertz CT molecular complexity index is 574. The summed E-state index contributed by atoms with van der Waals surface area (Å²) in [7, 11) is 0. The zero-order chi connectivity index (χ0) is 14.0. The number of aromatic nitrogens is 2. The van der Waals surface area contributed by atoms with Crippen LogP contribution in [0, 0.1) is 6.92 Å². The van der Waals surface area contributed by atoms with E-state index in [1.807, 2.05) is 37.3 Å². The van der Waals surface area contributed by atoms with E-state index in [9.17, 15) is 0 Å². The molecule has 1 aromatic heterocycles. The van der Waals surface area contributed by atoms with Crippen molar-refractivity contribution in [1.82, 2.24) is 9.97 Å². The van der Waals surface area contributed by atoms with Gasteiger partial charge in [-0.05, 0) is 35.0 Å². The van der Waals surface area contributed by atoms with Gasteiger partial charge in [-0.1, -0.05) is 39.0 Å².